The lowest BCUT2D eigenvalue weighted by atomic mass is 10.3. The number of aliphatic imine (C=N–C) groups is 1. The van der Waals surface area contributed by atoms with Gasteiger partial charge in [0, 0.05) is 19.6 Å². The Bertz CT molecular complexity index is 323. The Morgan fingerprint density at radius 2 is 2.53 bits per heavy atom. The van der Waals surface area contributed by atoms with Gasteiger partial charge in [0.2, 0.25) is 0 Å². The number of furan rings is 1. The van der Waals surface area contributed by atoms with Crippen molar-refractivity contribution < 1.29 is 4.42 Å². The van der Waals surface area contributed by atoms with E-state index in [0.29, 0.717) is 0 Å². The Balaban J connectivity index is 2.16. The summed E-state index contributed by atoms with van der Waals surface area (Å²) < 4.78 is 5.36. The largest absolute Gasteiger partial charge is 0.466 e. The zero-order valence-corrected chi connectivity index (χ0v) is 9.51. The molecule has 1 aromatic rings. The maximum Gasteiger partial charge on any atom is 0.160 e. The van der Waals surface area contributed by atoms with Gasteiger partial charge in [0.05, 0.1) is 11.3 Å². The third kappa shape index (κ3) is 2.84. The summed E-state index contributed by atoms with van der Waals surface area (Å²) in [4.78, 5) is 4.63. The predicted molar refractivity (Wildman–Crippen MR) is 63.0 cm³/mol. The monoisotopic (exact) mass is 225 g/mol. The van der Waals surface area contributed by atoms with Crippen LogP contribution in [0.1, 0.15) is 18.3 Å². The van der Waals surface area contributed by atoms with Crippen LogP contribution in [-0.2, 0) is 0 Å². The first-order chi connectivity index (χ1) is 7.40. The zero-order valence-electron chi connectivity index (χ0n) is 8.69. The molecule has 82 valence electrons. The van der Waals surface area contributed by atoms with Crippen molar-refractivity contribution >= 4 is 16.8 Å². The molecule has 0 amide bonds. The summed E-state index contributed by atoms with van der Waals surface area (Å²) in [5.41, 5.74) is 0. The van der Waals surface area contributed by atoms with Gasteiger partial charge in [0.15, 0.2) is 6.17 Å². The molecule has 1 aliphatic rings. The average Bonchev–Trinajstić information content (AvgIpc) is 2.71. The SMILES string of the molecule is CSC1=NC(c2ccco2)NCNCC1. The molecule has 0 spiro atoms. The molecule has 0 bridgehead atoms. The summed E-state index contributed by atoms with van der Waals surface area (Å²) in [5, 5.41) is 7.73. The molecule has 0 radical (unpaired) electrons. The van der Waals surface area contributed by atoms with Crippen molar-refractivity contribution in [3.05, 3.63) is 24.2 Å². The molecule has 1 atom stereocenters. The molecule has 0 aromatic carbocycles. The number of thioether (sulfide) groups is 1. The summed E-state index contributed by atoms with van der Waals surface area (Å²) in [6.45, 7) is 1.73. The number of nitrogens with zero attached hydrogens (tertiary/aromatic N) is 1. The molecule has 1 aliphatic heterocycles. The van der Waals surface area contributed by atoms with Gasteiger partial charge in [-0.1, -0.05) is 0 Å². The van der Waals surface area contributed by atoms with Gasteiger partial charge in [-0.2, -0.15) is 0 Å². The van der Waals surface area contributed by atoms with Crippen molar-refractivity contribution in [3.8, 4) is 0 Å². The fourth-order valence-electron chi connectivity index (χ4n) is 1.47. The number of rotatable bonds is 1. The highest BCUT2D eigenvalue weighted by molar-refractivity contribution is 8.13. The van der Waals surface area contributed by atoms with Crippen molar-refractivity contribution in [1.82, 2.24) is 10.6 Å². The van der Waals surface area contributed by atoms with Crippen LogP contribution in [-0.4, -0.2) is 24.5 Å². The van der Waals surface area contributed by atoms with E-state index < -0.39 is 0 Å². The van der Waals surface area contributed by atoms with E-state index in [9.17, 15) is 0 Å². The first-order valence-electron chi connectivity index (χ1n) is 4.98. The van der Waals surface area contributed by atoms with E-state index in [1.807, 2.05) is 12.1 Å². The average molecular weight is 225 g/mol. The fourth-order valence-corrected chi connectivity index (χ4v) is 1.99. The van der Waals surface area contributed by atoms with Crippen LogP contribution in [0.4, 0.5) is 0 Å². The van der Waals surface area contributed by atoms with Crippen LogP contribution in [0.2, 0.25) is 0 Å². The summed E-state index contributed by atoms with van der Waals surface area (Å²) >= 11 is 1.70. The van der Waals surface area contributed by atoms with Gasteiger partial charge in [0.1, 0.15) is 5.76 Å². The van der Waals surface area contributed by atoms with Crippen LogP contribution in [0.5, 0.6) is 0 Å². The molecule has 0 fully saturated rings. The molecular formula is C10H15N3OS. The van der Waals surface area contributed by atoms with E-state index in [4.69, 9.17) is 4.42 Å². The predicted octanol–water partition coefficient (Wildman–Crippen LogP) is 1.58. The third-order valence-corrected chi connectivity index (χ3v) is 3.04. The highest BCUT2D eigenvalue weighted by Crippen LogP contribution is 2.18. The lowest BCUT2D eigenvalue weighted by molar-refractivity contribution is 0.406. The Morgan fingerprint density at radius 3 is 3.27 bits per heavy atom. The molecule has 15 heavy (non-hydrogen) atoms. The lowest BCUT2D eigenvalue weighted by Gasteiger charge is -2.18. The molecule has 0 saturated heterocycles. The Hall–Kier alpha value is -0.780. The van der Waals surface area contributed by atoms with Crippen LogP contribution in [0.25, 0.3) is 0 Å². The number of hydrogen-bond acceptors (Lipinski definition) is 5. The first-order valence-corrected chi connectivity index (χ1v) is 6.21. The van der Waals surface area contributed by atoms with E-state index in [1.165, 1.54) is 0 Å². The van der Waals surface area contributed by atoms with E-state index in [0.717, 1.165) is 30.4 Å². The molecule has 1 unspecified atom stereocenters. The molecule has 0 saturated carbocycles. The Morgan fingerprint density at radius 1 is 1.60 bits per heavy atom. The fraction of sp³-hybridized carbons (Fsp3) is 0.500. The van der Waals surface area contributed by atoms with Gasteiger partial charge in [0.25, 0.3) is 0 Å². The first kappa shape index (κ1) is 10.7. The molecule has 2 heterocycles. The van der Waals surface area contributed by atoms with Gasteiger partial charge >= 0.3 is 0 Å². The van der Waals surface area contributed by atoms with Gasteiger partial charge in [-0.3, -0.25) is 10.3 Å². The van der Waals surface area contributed by atoms with Crippen LogP contribution < -0.4 is 10.6 Å². The van der Waals surface area contributed by atoms with Crippen molar-refractivity contribution in [2.24, 2.45) is 4.99 Å². The second kappa shape index (κ2) is 5.34. The lowest BCUT2D eigenvalue weighted by Crippen LogP contribution is -2.34. The summed E-state index contributed by atoms with van der Waals surface area (Å²) in [6, 6.07) is 3.83. The second-order valence-corrected chi connectivity index (χ2v) is 4.16. The number of hydrogen-bond donors (Lipinski definition) is 2. The maximum absolute atomic E-state index is 5.36. The van der Waals surface area contributed by atoms with Crippen molar-refractivity contribution in [2.75, 3.05) is 19.5 Å². The molecule has 2 N–H and O–H groups in total. The quantitative estimate of drug-likeness (QED) is 0.762. The summed E-state index contributed by atoms with van der Waals surface area (Å²) in [7, 11) is 0. The summed E-state index contributed by atoms with van der Waals surface area (Å²) in [5.74, 6) is 0.866. The minimum atomic E-state index is -0.0600. The molecule has 5 heteroatoms. The van der Waals surface area contributed by atoms with Gasteiger partial charge < -0.3 is 9.73 Å². The van der Waals surface area contributed by atoms with E-state index >= 15 is 0 Å². The second-order valence-electron chi connectivity index (χ2n) is 3.28. The van der Waals surface area contributed by atoms with Crippen LogP contribution in [0.15, 0.2) is 27.8 Å². The van der Waals surface area contributed by atoms with Gasteiger partial charge in [-0.15, -0.1) is 11.8 Å². The van der Waals surface area contributed by atoms with Crippen molar-refractivity contribution in [2.45, 2.75) is 12.6 Å². The zero-order chi connectivity index (χ0) is 10.5. The van der Waals surface area contributed by atoms with E-state index in [2.05, 4.69) is 21.9 Å². The smallest absolute Gasteiger partial charge is 0.160 e. The van der Waals surface area contributed by atoms with Crippen molar-refractivity contribution in [3.63, 3.8) is 0 Å². The molecule has 2 rings (SSSR count). The topological polar surface area (TPSA) is 49.6 Å². The molecule has 1 aromatic heterocycles. The molecular weight excluding hydrogens is 210 g/mol. The summed E-state index contributed by atoms with van der Waals surface area (Å²) in [6.07, 6.45) is 4.66. The van der Waals surface area contributed by atoms with Crippen LogP contribution in [0.3, 0.4) is 0 Å². The van der Waals surface area contributed by atoms with Crippen molar-refractivity contribution in [1.29, 1.82) is 0 Å². The highest BCUT2D eigenvalue weighted by atomic mass is 32.2. The Labute approximate surface area is 93.5 Å². The standard InChI is InChI=1S/C10H15N3OS/c1-15-9-4-5-11-7-12-10(13-9)8-3-2-6-14-8/h2-3,6,10-12H,4-5,7H2,1H3. The maximum atomic E-state index is 5.36. The number of nitrogens with one attached hydrogen (secondary N) is 2. The molecule has 4 nitrogen and oxygen atoms in total. The third-order valence-electron chi connectivity index (χ3n) is 2.26. The van der Waals surface area contributed by atoms with Crippen LogP contribution >= 0.6 is 11.8 Å². The molecule has 0 aliphatic carbocycles. The van der Waals surface area contributed by atoms with Gasteiger partial charge in [-0.25, -0.2) is 0 Å². The van der Waals surface area contributed by atoms with E-state index in [-0.39, 0.29) is 6.17 Å². The Kier molecular flexibility index (Phi) is 3.82. The van der Waals surface area contributed by atoms with E-state index in [1.54, 1.807) is 18.0 Å². The minimum Gasteiger partial charge on any atom is -0.466 e. The minimum absolute atomic E-state index is 0.0600. The van der Waals surface area contributed by atoms with Gasteiger partial charge in [-0.05, 0) is 18.4 Å². The highest BCUT2D eigenvalue weighted by Gasteiger charge is 2.14. The normalized spacial score (nSPS) is 23.0. The van der Waals surface area contributed by atoms with Crippen LogP contribution in [0, 0.1) is 0 Å².